The minimum Gasteiger partial charge on any atom is -0.449 e. The molecule has 24 heavy (non-hydrogen) atoms. The monoisotopic (exact) mass is 326 g/mol. The molecule has 0 aliphatic carbocycles. The molecule has 2 aromatic rings. The zero-order valence-corrected chi connectivity index (χ0v) is 14.1. The summed E-state index contributed by atoms with van der Waals surface area (Å²) in [6, 6.07) is 13.9. The molecule has 0 spiro atoms. The second-order valence-electron chi connectivity index (χ2n) is 5.94. The summed E-state index contributed by atoms with van der Waals surface area (Å²) >= 11 is 0. The normalized spacial score (nSPS) is 11.8. The average Bonchev–Trinajstić information content (AvgIpc) is 2.55. The van der Waals surface area contributed by atoms with E-state index in [1.807, 2.05) is 24.3 Å². The predicted octanol–water partition coefficient (Wildman–Crippen LogP) is 3.58. The van der Waals surface area contributed by atoms with Crippen molar-refractivity contribution in [3.05, 3.63) is 59.7 Å². The third-order valence-corrected chi connectivity index (χ3v) is 3.64. The minimum absolute atomic E-state index is 0.352. The van der Waals surface area contributed by atoms with Crippen LogP contribution in [0.1, 0.15) is 42.6 Å². The number of nitrogens with two attached hydrogens (primary N) is 1. The fraction of sp³-hybridized carbons (Fsp3) is 0.263. The maximum atomic E-state index is 12.1. The first-order valence-corrected chi connectivity index (χ1v) is 7.84. The number of hydrogen-bond acceptors (Lipinski definition) is 4. The van der Waals surface area contributed by atoms with Gasteiger partial charge in [-0.15, -0.1) is 0 Å². The van der Waals surface area contributed by atoms with Gasteiger partial charge in [-0.2, -0.15) is 0 Å². The number of anilines is 2. The number of carbonyl (C=O) groups excluding carboxylic acids is 2. The molecule has 0 aliphatic heterocycles. The second-order valence-corrected chi connectivity index (χ2v) is 5.94. The topological polar surface area (TPSA) is 81.4 Å². The van der Waals surface area contributed by atoms with Crippen molar-refractivity contribution in [2.75, 3.05) is 11.1 Å². The van der Waals surface area contributed by atoms with Crippen LogP contribution in [0.15, 0.2) is 48.5 Å². The Morgan fingerprint density at radius 3 is 2.08 bits per heavy atom. The van der Waals surface area contributed by atoms with Crippen LogP contribution in [0, 0.1) is 0 Å². The SMILES string of the molecule is CC(OC(=O)c1ccc(N)cc1)C(=O)Nc1ccc(C(C)C)cc1. The lowest BCUT2D eigenvalue weighted by atomic mass is 10.0. The van der Waals surface area contributed by atoms with Crippen LogP contribution in [0.25, 0.3) is 0 Å². The van der Waals surface area contributed by atoms with Crippen LogP contribution < -0.4 is 11.1 Å². The first-order chi connectivity index (χ1) is 11.4. The summed E-state index contributed by atoms with van der Waals surface area (Å²) in [4.78, 5) is 24.1. The van der Waals surface area contributed by atoms with E-state index in [2.05, 4.69) is 19.2 Å². The molecule has 2 rings (SSSR count). The number of benzene rings is 2. The fourth-order valence-electron chi connectivity index (χ4n) is 2.10. The molecule has 5 nitrogen and oxygen atoms in total. The van der Waals surface area contributed by atoms with Gasteiger partial charge in [0.25, 0.3) is 5.91 Å². The zero-order valence-electron chi connectivity index (χ0n) is 14.1. The summed E-state index contributed by atoms with van der Waals surface area (Å²) in [6.07, 6.45) is -0.903. The van der Waals surface area contributed by atoms with Gasteiger partial charge in [0.2, 0.25) is 0 Å². The van der Waals surface area contributed by atoms with Gasteiger partial charge in [-0.25, -0.2) is 4.79 Å². The van der Waals surface area contributed by atoms with Crippen LogP contribution in [0.3, 0.4) is 0 Å². The summed E-state index contributed by atoms with van der Waals surface area (Å²) < 4.78 is 5.18. The molecule has 1 amide bonds. The Kier molecular flexibility index (Phi) is 5.58. The largest absolute Gasteiger partial charge is 0.449 e. The number of ether oxygens (including phenoxy) is 1. The number of carbonyl (C=O) groups is 2. The Hall–Kier alpha value is -2.82. The van der Waals surface area contributed by atoms with Crippen molar-refractivity contribution in [1.82, 2.24) is 0 Å². The lowest BCUT2D eigenvalue weighted by Crippen LogP contribution is -2.30. The number of rotatable bonds is 5. The Morgan fingerprint density at radius 2 is 1.54 bits per heavy atom. The van der Waals surface area contributed by atoms with Gasteiger partial charge in [-0.3, -0.25) is 4.79 Å². The molecule has 5 heteroatoms. The van der Waals surface area contributed by atoms with E-state index >= 15 is 0 Å². The maximum absolute atomic E-state index is 12.1. The summed E-state index contributed by atoms with van der Waals surface area (Å²) in [5.74, 6) is -0.515. The summed E-state index contributed by atoms with van der Waals surface area (Å²) in [5.41, 5.74) is 8.34. The van der Waals surface area contributed by atoms with Crippen LogP contribution in [0.5, 0.6) is 0 Å². The second kappa shape index (κ2) is 7.64. The summed E-state index contributed by atoms with van der Waals surface area (Å²) in [6.45, 7) is 5.74. The van der Waals surface area contributed by atoms with E-state index < -0.39 is 12.1 Å². The third kappa shape index (κ3) is 4.59. The number of hydrogen-bond donors (Lipinski definition) is 2. The van der Waals surface area contributed by atoms with Gasteiger partial charge < -0.3 is 15.8 Å². The molecular formula is C19H22N2O3. The molecule has 0 saturated carbocycles. The smallest absolute Gasteiger partial charge is 0.338 e. The number of amides is 1. The van der Waals surface area contributed by atoms with Gasteiger partial charge in [-0.1, -0.05) is 26.0 Å². The lowest BCUT2D eigenvalue weighted by Gasteiger charge is -2.14. The maximum Gasteiger partial charge on any atom is 0.338 e. The molecular weight excluding hydrogens is 304 g/mol. The molecule has 3 N–H and O–H groups in total. The van der Waals surface area contributed by atoms with Crippen molar-refractivity contribution < 1.29 is 14.3 Å². The van der Waals surface area contributed by atoms with Crippen LogP contribution in [0.2, 0.25) is 0 Å². The highest BCUT2D eigenvalue weighted by atomic mass is 16.5. The van der Waals surface area contributed by atoms with Crippen molar-refractivity contribution in [1.29, 1.82) is 0 Å². The quantitative estimate of drug-likeness (QED) is 0.650. The van der Waals surface area contributed by atoms with Gasteiger partial charge in [0.1, 0.15) is 0 Å². The van der Waals surface area contributed by atoms with Crippen LogP contribution in [-0.2, 0) is 9.53 Å². The highest BCUT2D eigenvalue weighted by Crippen LogP contribution is 2.17. The third-order valence-electron chi connectivity index (χ3n) is 3.64. The minimum atomic E-state index is -0.903. The molecule has 0 fully saturated rings. The van der Waals surface area contributed by atoms with Crippen LogP contribution >= 0.6 is 0 Å². The van der Waals surface area contributed by atoms with E-state index in [9.17, 15) is 9.59 Å². The Morgan fingerprint density at radius 1 is 0.958 bits per heavy atom. The molecule has 1 atom stereocenters. The van der Waals surface area contributed by atoms with E-state index in [1.54, 1.807) is 24.3 Å². The Labute approximate surface area is 141 Å². The van der Waals surface area contributed by atoms with Crippen molar-refractivity contribution >= 4 is 23.3 Å². The van der Waals surface area contributed by atoms with Crippen molar-refractivity contribution in [3.8, 4) is 0 Å². The van der Waals surface area contributed by atoms with Crippen molar-refractivity contribution in [2.24, 2.45) is 0 Å². The molecule has 0 radical (unpaired) electrons. The van der Waals surface area contributed by atoms with E-state index in [0.29, 0.717) is 22.9 Å². The first-order valence-electron chi connectivity index (χ1n) is 7.84. The number of esters is 1. The van der Waals surface area contributed by atoms with E-state index in [1.165, 1.54) is 12.5 Å². The highest BCUT2D eigenvalue weighted by molar-refractivity contribution is 5.97. The van der Waals surface area contributed by atoms with Gasteiger partial charge in [0, 0.05) is 11.4 Å². The fourth-order valence-corrected chi connectivity index (χ4v) is 2.10. The lowest BCUT2D eigenvalue weighted by molar-refractivity contribution is -0.123. The van der Waals surface area contributed by atoms with Gasteiger partial charge in [0.15, 0.2) is 6.10 Å². The average molecular weight is 326 g/mol. The molecule has 0 bridgehead atoms. The Balaban J connectivity index is 1.94. The molecule has 0 aromatic heterocycles. The first kappa shape index (κ1) is 17.5. The Bertz CT molecular complexity index is 706. The number of nitrogen functional groups attached to an aromatic ring is 1. The molecule has 0 heterocycles. The van der Waals surface area contributed by atoms with Gasteiger partial charge in [0.05, 0.1) is 5.56 Å². The molecule has 2 aromatic carbocycles. The summed E-state index contributed by atoms with van der Waals surface area (Å²) in [5, 5.41) is 2.74. The zero-order chi connectivity index (χ0) is 17.7. The number of nitrogens with one attached hydrogen (secondary N) is 1. The summed E-state index contributed by atoms with van der Waals surface area (Å²) in [7, 11) is 0. The molecule has 0 saturated heterocycles. The molecule has 126 valence electrons. The van der Waals surface area contributed by atoms with Crippen molar-refractivity contribution in [3.63, 3.8) is 0 Å². The standard InChI is InChI=1S/C19H22N2O3/c1-12(2)14-6-10-17(11-7-14)21-18(22)13(3)24-19(23)15-4-8-16(20)9-5-15/h4-13H,20H2,1-3H3,(H,21,22). The van der Waals surface area contributed by atoms with Gasteiger partial charge in [-0.05, 0) is 54.8 Å². The van der Waals surface area contributed by atoms with Gasteiger partial charge >= 0.3 is 5.97 Å². The van der Waals surface area contributed by atoms with Crippen molar-refractivity contribution in [2.45, 2.75) is 32.8 Å². The van der Waals surface area contributed by atoms with E-state index in [0.717, 1.165) is 0 Å². The molecule has 0 aliphatic rings. The van der Waals surface area contributed by atoms with Crippen LogP contribution in [0.4, 0.5) is 11.4 Å². The predicted molar refractivity (Wildman–Crippen MR) is 94.9 cm³/mol. The van der Waals surface area contributed by atoms with Crippen LogP contribution in [-0.4, -0.2) is 18.0 Å². The highest BCUT2D eigenvalue weighted by Gasteiger charge is 2.19. The molecule has 1 unspecified atom stereocenters. The van der Waals surface area contributed by atoms with E-state index in [-0.39, 0.29) is 5.91 Å². The van der Waals surface area contributed by atoms with E-state index in [4.69, 9.17) is 10.5 Å².